The monoisotopic (exact) mass is 486 g/mol. The van der Waals surface area contributed by atoms with Gasteiger partial charge < -0.3 is 25.4 Å². The molecule has 9 heteroatoms. The fraction of sp³-hybridized carbons (Fsp3) is 0.875. The number of likely N-dealkylation sites (tertiary alicyclic amines) is 1. The van der Waals surface area contributed by atoms with Crippen molar-refractivity contribution in [3.8, 4) is 0 Å². The molecule has 0 bridgehead atoms. The number of aliphatic imine (C=N–C) groups is 1. The second-order valence-electron chi connectivity index (χ2n) is 7.45. The van der Waals surface area contributed by atoms with Crippen molar-refractivity contribution in [3.05, 3.63) is 0 Å². The number of hydrogen-bond acceptors (Lipinski definition) is 5. The quantitative estimate of drug-likeness (QED) is 0.319. The van der Waals surface area contributed by atoms with Crippen LogP contribution in [0.25, 0.3) is 0 Å². The fourth-order valence-corrected chi connectivity index (χ4v) is 3.79. The zero-order valence-electron chi connectivity index (χ0n) is 15.5. The van der Waals surface area contributed by atoms with Crippen LogP contribution in [0, 0.1) is 0 Å². The third-order valence-electron chi connectivity index (χ3n) is 3.83. The van der Waals surface area contributed by atoms with Gasteiger partial charge in [-0.2, -0.15) is 11.8 Å². The molecule has 1 unspecified atom stereocenters. The summed E-state index contributed by atoms with van der Waals surface area (Å²) in [6.07, 6.45) is 0.510. The van der Waals surface area contributed by atoms with Crippen molar-refractivity contribution in [1.29, 1.82) is 0 Å². The van der Waals surface area contributed by atoms with Gasteiger partial charge in [0.15, 0.2) is 5.96 Å². The summed E-state index contributed by atoms with van der Waals surface area (Å²) in [4.78, 5) is 18.1. The molecule has 0 radical (unpaired) electrons. The highest BCUT2D eigenvalue weighted by Crippen LogP contribution is 2.27. The molecule has 0 aliphatic carbocycles. The Hall–Kier alpha value is -0.420. The minimum absolute atomic E-state index is 0. The molecule has 0 spiro atoms. The number of rotatable bonds is 4. The summed E-state index contributed by atoms with van der Waals surface area (Å²) in [5.74, 6) is 2.42. The molecule has 25 heavy (non-hydrogen) atoms. The zero-order chi connectivity index (χ0) is 17.8. The maximum atomic E-state index is 11.9. The second kappa shape index (κ2) is 9.50. The molecule has 2 aliphatic heterocycles. The minimum atomic E-state index is -0.685. The topological polar surface area (TPSA) is 86.2 Å². The first-order valence-electron chi connectivity index (χ1n) is 8.54. The van der Waals surface area contributed by atoms with E-state index in [4.69, 9.17) is 4.74 Å². The Balaban J connectivity index is 0.00000312. The average molecular weight is 486 g/mol. The predicted octanol–water partition coefficient (Wildman–Crippen LogP) is 1.65. The number of carbonyl (C=O) groups excluding carboxylic acids is 1. The van der Waals surface area contributed by atoms with Gasteiger partial charge in [-0.1, -0.05) is 0 Å². The van der Waals surface area contributed by atoms with E-state index in [9.17, 15) is 9.90 Å². The van der Waals surface area contributed by atoms with Crippen molar-refractivity contribution in [2.45, 2.75) is 51.4 Å². The lowest BCUT2D eigenvalue weighted by atomic mass is 10.0. The third-order valence-corrected chi connectivity index (χ3v) is 5.07. The van der Waals surface area contributed by atoms with Crippen molar-refractivity contribution in [2.24, 2.45) is 4.99 Å². The van der Waals surface area contributed by atoms with E-state index in [1.165, 1.54) is 0 Å². The Morgan fingerprint density at radius 1 is 1.44 bits per heavy atom. The van der Waals surface area contributed by atoms with Gasteiger partial charge >= 0.3 is 6.09 Å². The van der Waals surface area contributed by atoms with Gasteiger partial charge in [-0.05, 0) is 39.9 Å². The van der Waals surface area contributed by atoms with Crippen LogP contribution in [0.15, 0.2) is 4.99 Å². The summed E-state index contributed by atoms with van der Waals surface area (Å²) < 4.78 is 5.35. The van der Waals surface area contributed by atoms with Gasteiger partial charge in [0.2, 0.25) is 0 Å². The van der Waals surface area contributed by atoms with Crippen LogP contribution >= 0.6 is 35.7 Å². The number of hydrogen-bond donors (Lipinski definition) is 3. The number of thioether (sulfide) groups is 1. The van der Waals surface area contributed by atoms with Crippen LogP contribution in [0.5, 0.6) is 0 Å². The first-order valence-corrected chi connectivity index (χ1v) is 9.69. The van der Waals surface area contributed by atoms with Gasteiger partial charge in [0.25, 0.3) is 0 Å². The number of carbonyl (C=O) groups is 1. The molecule has 0 aromatic heterocycles. The molecule has 0 saturated carbocycles. The first kappa shape index (κ1) is 22.6. The minimum Gasteiger partial charge on any atom is -0.444 e. The van der Waals surface area contributed by atoms with E-state index in [-0.39, 0.29) is 36.1 Å². The number of nitrogens with zero attached hydrogens (tertiary/aromatic N) is 2. The van der Waals surface area contributed by atoms with E-state index in [1.54, 1.807) is 16.7 Å². The summed E-state index contributed by atoms with van der Waals surface area (Å²) >= 11 is 1.77. The lowest BCUT2D eigenvalue weighted by Gasteiger charge is -2.40. The molecule has 2 rings (SSSR count). The van der Waals surface area contributed by atoms with Crippen molar-refractivity contribution >= 4 is 47.8 Å². The van der Waals surface area contributed by atoms with Crippen LogP contribution < -0.4 is 10.6 Å². The molecule has 0 aromatic rings. The summed E-state index contributed by atoms with van der Waals surface area (Å²) in [5.41, 5.74) is -1.16. The van der Waals surface area contributed by atoms with Gasteiger partial charge in [-0.3, -0.25) is 4.99 Å². The molecule has 146 valence electrons. The summed E-state index contributed by atoms with van der Waals surface area (Å²) in [7, 11) is 0. The molecule has 0 aromatic carbocycles. The van der Waals surface area contributed by atoms with Crippen LogP contribution in [0.1, 0.15) is 34.1 Å². The van der Waals surface area contributed by atoms with Crippen LogP contribution in [-0.2, 0) is 4.74 Å². The maximum Gasteiger partial charge on any atom is 0.410 e. The Morgan fingerprint density at radius 2 is 2.12 bits per heavy atom. The molecule has 1 atom stereocenters. The molecule has 2 aliphatic rings. The predicted molar refractivity (Wildman–Crippen MR) is 113 cm³/mol. The molecule has 7 nitrogen and oxygen atoms in total. The van der Waals surface area contributed by atoms with Crippen molar-refractivity contribution in [1.82, 2.24) is 15.5 Å². The van der Waals surface area contributed by atoms with E-state index in [2.05, 4.69) is 15.6 Å². The summed E-state index contributed by atoms with van der Waals surface area (Å²) in [5, 5.41) is 16.9. The molecular formula is C16H31IN4O3S. The van der Waals surface area contributed by atoms with Crippen molar-refractivity contribution in [3.63, 3.8) is 0 Å². The van der Waals surface area contributed by atoms with Crippen LogP contribution in [0.3, 0.4) is 0 Å². The van der Waals surface area contributed by atoms with Gasteiger partial charge in [0.1, 0.15) is 5.60 Å². The third kappa shape index (κ3) is 7.38. The van der Waals surface area contributed by atoms with Gasteiger partial charge in [-0.25, -0.2) is 4.79 Å². The molecule has 2 heterocycles. The van der Waals surface area contributed by atoms with Crippen molar-refractivity contribution in [2.75, 3.05) is 37.7 Å². The maximum absolute atomic E-state index is 11.9. The van der Waals surface area contributed by atoms with E-state index < -0.39 is 11.2 Å². The highest BCUT2D eigenvalue weighted by Gasteiger charge is 2.35. The number of nitrogens with one attached hydrogen (secondary N) is 2. The van der Waals surface area contributed by atoms with Gasteiger partial charge in [0, 0.05) is 25.4 Å². The van der Waals surface area contributed by atoms with E-state index in [0.717, 1.165) is 24.5 Å². The van der Waals surface area contributed by atoms with E-state index >= 15 is 0 Å². The smallest absolute Gasteiger partial charge is 0.410 e. The lowest BCUT2D eigenvalue weighted by molar-refractivity contribution is 0.00700. The lowest BCUT2D eigenvalue weighted by Crippen LogP contribution is -2.63. The number of halogens is 1. The fourth-order valence-electron chi connectivity index (χ4n) is 2.51. The standard InChI is InChI=1S/C16H30N4O3S.HI/c1-5-17-13(18-10-16(22)6-7-24-11-16)19-12-8-20(9-12)14(21)23-15(2,3)4;/h12,22H,5-11H2,1-4H3,(H2,17,18,19);1H. The molecule has 2 saturated heterocycles. The first-order chi connectivity index (χ1) is 11.2. The molecular weight excluding hydrogens is 455 g/mol. The highest BCUT2D eigenvalue weighted by atomic mass is 127. The van der Waals surface area contributed by atoms with Crippen molar-refractivity contribution < 1.29 is 14.6 Å². The normalized spacial score (nSPS) is 24.4. The Morgan fingerprint density at radius 3 is 2.64 bits per heavy atom. The summed E-state index contributed by atoms with van der Waals surface area (Å²) in [6.45, 7) is 9.94. The largest absolute Gasteiger partial charge is 0.444 e. The Labute approximate surface area is 171 Å². The van der Waals surface area contributed by atoms with Gasteiger partial charge in [0.05, 0.1) is 18.2 Å². The van der Waals surface area contributed by atoms with E-state index in [0.29, 0.717) is 25.6 Å². The van der Waals surface area contributed by atoms with Gasteiger partial charge in [-0.15, -0.1) is 24.0 Å². The highest BCUT2D eigenvalue weighted by molar-refractivity contribution is 14.0. The Bertz CT molecular complexity index is 472. The second-order valence-corrected chi connectivity index (χ2v) is 8.55. The Kier molecular flexibility index (Phi) is 8.59. The molecule has 1 amide bonds. The number of guanidine groups is 1. The number of aliphatic hydroxyl groups is 1. The summed E-state index contributed by atoms with van der Waals surface area (Å²) in [6, 6.07) is 0.155. The van der Waals surface area contributed by atoms with Crippen LogP contribution in [0.4, 0.5) is 4.79 Å². The number of ether oxygens (including phenoxy) is 1. The molecule has 3 N–H and O–H groups in total. The SMILES string of the molecule is CCNC(=NCC1(O)CCSC1)NC1CN(C(=O)OC(C)(C)C)C1.I. The van der Waals surface area contributed by atoms with Crippen LogP contribution in [-0.4, -0.2) is 77.0 Å². The van der Waals surface area contributed by atoms with E-state index in [1.807, 2.05) is 27.7 Å². The van der Waals surface area contributed by atoms with Crippen LogP contribution in [0.2, 0.25) is 0 Å². The average Bonchev–Trinajstić information content (AvgIpc) is 2.84. The number of amides is 1. The zero-order valence-corrected chi connectivity index (χ0v) is 18.6. The molecule has 2 fully saturated rings.